The standard InChI is InChI=1S/C25H21ClN5O5PS2.Ca/c26-17-5-1-16(2-6-17)24-30-18(13-38-24)14-39-25-21(12-28)22(20(11-27)23(29)31-25)15-3-7-19(8-4-15)35-9-10-36-37(32,33)34;/h1-8,13,24-25H,9-10,14H2,(H2,29,31)(H2,32,33,34);/q-2;+2. The quantitative estimate of drug-likeness (QED) is 0.140. The molecule has 10 nitrogen and oxygen atoms in total. The SMILES string of the molecule is N#CC1=C(c2ccc(OCCOP(=O)(O)O)cc2)C(=C=[N-])C(SCC2=CSC(c3ccc(Cl)cc3)[N-]2)N=C1N.[Ca+2]. The van der Waals surface area contributed by atoms with Crippen LogP contribution in [-0.2, 0) is 9.09 Å². The molecule has 0 spiro atoms. The van der Waals surface area contributed by atoms with E-state index in [0.29, 0.717) is 33.2 Å². The normalized spacial score (nSPS) is 18.6. The third-order valence-electron chi connectivity index (χ3n) is 5.43. The van der Waals surface area contributed by atoms with Gasteiger partial charge in [-0.3, -0.25) is 10.4 Å². The number of halogens is 1. The van der Waals surface area contributed by atoms with Gasteiger partial charge in [-0.2, -0.15) is 5.26 Å². The van der Waals surface area contributed by atoms with Gasteiger partial charge in [0.1, 0.15) is 35.2 Å². The van der Waals surface area contributed by atoms with Gasteiger partial charge in [0, 0.05) is 21.9 Å². The summed E-state index contributed by atoms with van der Waals surface area (Å²) in [5, 5.41) is 26.5. The number of rotatable bonds is 10. The van der Waals surface area contributed by atoms with Crippen LogP contribution in [0.1, 0.15) is 16.5 Å². The summed E-state index contributed by atoms with van der Waals surface area (Å²) in [6.45, 7) is -0.377. The van der Waals surface area contributed by atoms with Crippen molar-refractivity contribution in [1.29, 1.82) is 5.26 Å². The van der Waals surface area contributed by atoms with Crippen LogP contribution in [0.15, 0.2) is 75.8 Å². The monoisotopic (exact) mass is 641 g/mol. The largest absolute Gasteiger partial charge is 2.00 e. The molecule has 2 heterocycles. The van der Waals surface area contributed by atoms with Crippen LogP contribution in [0.3, 0.4) is 0 Å². The predicted octanol–water partition coefficient (Wildman–Crippen LogP) is 4.98. The summed E-state index contributed by atoms with van der Waals surface area (Å²) in [7, 11) is -4.57. The molecular formula is C25H21CaClN5O5PS2. The maximum atomic E-state index is 10.8. The average molecular weight is 642 g/mol. The molecule has 2 aromatic rings. The molecular weight excluding hydrogens is 621 g/mol. The average Bonchev–Trinajstić information content (AvgIpc) is 3.39. The van der Waals surface area contributed by atoms with Gasteiger partial charge in [0.2, 0.25) is 0 Å². The smallest absolute Gasteiger partial charge is 0.763 e. The van der Waals surface area contributed by atoms with Crippen LogP contribution >= 0.6 is 42.9 Å². The molecule has 0 radical (unpaired) electrons. The van der Waals surface area contributed by atoms with Crippen molar-refractivity contribution in [2.24, 2.45) is 10.7 Å². The minimum atomic E-state index is -4.57. The maximum absolute atomic E-state index is 10.8. The zero-order valence-electron chi connectivity index (χ0n) is 20.8. The van der Waals surface area contributed by atoms with E-state index < -0.39 is 13.2 Å². The van der Waals surface area contributed by atoms with Crippen LogP contribution in [0.5, 0.6) is 5.75 Å². The number of ether oxygens (including phenoxy) is 1. The Labute approximate surface area is 274 Å². The Morgan fingerprint density at radius 2 is 1.90 bits per heavy atom. The number of phosphoric ester groups is 1. The summed E-state index contributed by atoms with van der Waals surface area (Å²) < 4.78 is 20.6. The van der Waals surface area contributed by atoms with Gasteiger partial charge in [0.05, 0.1) is 6.61 Å². The van der Waals surface area contributed by atoms with Gasteiger partial charge in [-0.05, 0) is 40.6 Å². The third kappa shape index (κ3) is 8.65. The summed E-state index contributed by atoms with van der Waals surface area (Å²) >= 11 is 8.96. The van der Waals surface area contributed by atoms with Crippen LogP contribution in [0.4, 0.5) is 0 Å². The van der Waals surface area contributed by atoms with E-state index in [9.17, 15) is 15.2 Å². The molecule has 0 aliphatic carbocycles. The minimum Gasteiger partial charge on any atom is -0.763 e. The molecule has 40 heavy (non-hydrogen) atoms. The first-order valence-corrected chi connectivity index (χ1v) is 15.2. The molecule has 2 atom stereocenters. The second kappa shape index (κ2) is 15.0. The molecule has 2 unspecified atom stereocenters. The van der Waals surface area contributed by atoms with Gasteiger partial charge in [-0.15, -0.1) is 29.2 Å². The molecule has 0 bridgehead atoms. The van der Waals surface area contributed by atoms with Crippen molar-refractivity contribution < 1.29 is 23.6 Å². The van der Waals surface area contributed by atoms with Crippen molar-refractivity contribution in [3.63, 3.8) is 0 Å². The molecule has 2 aliphatic rings. The van der Waals surface area contributed by atoms with E-state index in [1.54, 1.807) is 36.0 Å². The van der Waals surface area contributed by atoms with Crippen LogP contribution in [0.2, 0.25) is 5.02 Å². The van der Waals surface area contributed by atoms with Crippen LogP contribution < -0.4 is 10.5 Å². The molecule has 202 valence electrons. The molecule has 0 aromatic heterocycles. The number of hydrogen-bond acceptors (Lipinski definition) is 8. The zero-order valence-corrected chi connectivity index (χ0v) is 26.3. The van der Waals surface area contributed by atoms with Crippen molar-refractivity contribution in [2.75, 3.05) is 19.0 Å². The fourth-order valence-corrected chi connectivity index (χ4v) is 6.19. The first-order chi connectivity index (χ1) is 18.7. The number of hydrogen-bond donors (Lipinski definition) is 3. The van der Waals surface area contributed by atoms with E-state index in [1.165, 1.54) is 11.8 Å². The first kappa shape index (κ1) is 32.8. The molecule has 2 aliphatic heterocycles. The molecule has 4 N–H and O–H groups in total. The fourth-order valence-electron chi connectivity index (χ4n) is 3.69. The Bertz CT molecular complexity index is 1470. The van der Waals surface area contributed by atoms with Gasteiger partial charge in [-0.1, -0.05) is 41.4 Å². The van der Waals surface area contributed by atoms with Crippen molar-refractivity contribution in [3.8, 4) is 11.8 Å². The second-order valence-electron chi connectivity index (χ2n) is 8.04. The van der Waals surface area contributed by atoms with E-state index in [2.05, 4.69) is 21.5 Å². The number of nitrogens with two attached hydrogens (primary N) is 1. The number of nitrogens with zero attached hydrogens (tertiary/aromatic N) is 4. The maximum Gasteiger partial charge on any atom is 2.00 e. The number of benzene rings is 2. The molecule has 0 saturated heterocycles. The number of thioether (sulfide) groups is 2. The zero-order chi connectivity index (χ0) is 28.0. The Kier molecular flexibility index (Phi) is 12.3. The topological polar surface area (TPSA) is 175 Å². The molecule has 2 aromatic carbocycles. The molecule has 0 saturated carbocycles. The second-order valence-corrected chi connectivity index (χ2v) is 11.7. The van der Waals surface area contributed by atoms with Gasteiger partial charge in [-0.25, -0.2) is 9.56 Å². The molecule has 4 rings (SSSR count). The van der Waals surface area contributed by atoms with E-state index >= 15 is 0 Å². The number of phosphoric acid groups is 1. The van der Waals surface area contributed by atoms with Gasteiger partial charge >= 0.3 is 45.6 Å². The summed E-state index contributed by atoms with van der Waals surface area (Å²) in [5.74, 6) is 3.16. The molecule has 15 heteroatoms. The van der Waals surface area contributed by atoms with Crippen LogP contribution in [0, 0.1) is 11.3 Å². The van der Waals surface area contributed by atoms with Crippen molar-refractivity contribution >= 4 is 98.0 Å². The Morgan fingerprint density at radius 1 is 1.20 bits per heavy atom. The number of nitriles is 1. The van der Waals surface area contributed by atoms with E-state index in [-0.39, 0.29) is 67.7 Å². The molecule has 0 amide bonds. The Balaban J connectivity index is 0.00000441. The third-order valence-corrected chi connectivity index (χ3v) is 8.36. The van der Waals surface area contributed by atoms with Gasteiger partial charge in [0.15, 0.2) is 0 Å². The Hall–Kier alpha value is -1.71. The van der Waals surface area contributed by atoms with Crippen molar-refractivity contribution in [3.05, 3.63) is 97.7 Å². The predicted molar refractivity (Wildman–Crippen MR) is 161 cm³/mol. The number of amidine groups is 1. The first-order valence-electron chi connectivity index (χ1n) is 11.3. The summed E-state index contributed by atoms with van der Waals surface area (Å²) in [6, 6.07) is 16.2. The fraction of sp³-hybridized carbons (Fsp3) is 0.200. The van der Waals surface area contributed by atoms with Crippen molar-refractivity contribution in [2.45, 2.75) is 10.7 Å². The minimum absolute atomic E-state index is 0. The summed E-state index contributed by atoms with van der Waals surface area (Å²) in [6.07, 6.45) is 0. The van der Waals surface area contributed by atoms with Gasteiger partial charge in [0.25, 0.3) is 0 Å². The number of dihydropyridines is 1. The van der Waals surface area contributed by atoms with Gasteiger partial charge < -0.3 is 31.0 Å². The van der Waals surface area contributed by atoms with E-state index in [0.717, 1.165) is 11.3 Å². The van der Waals surface area contributed by atoms with E-state index in [4.69, 9.17) is 37.2 Å². The summed E-state index contributed by atoms with van der Waals surface area (Å²) in [4.78, 5) is 21.9. The van der Waals surface area contributed by atoms with Crippen LogP contribution in [0.25, 0.3) is 16.3 Å². The molecule has 0 fully saturated rings. The van der Waals surface area contributed by atoms with Crippen LogP contribution in [-0.4, -0.2) is 83.6 Å². The van der Waals surface area contributed by atoms with Crippen molar-refractivity contribution in [1.82, 2.24) is 0 Å². The Morgan fingerprint density at radius 3 is 2.52 bits per heavy atom. The summed E-state index contributed by atoms with van der Waals surface area (Å²) in [5.41, 5.74) is 9.42. The number of aliphatic imine (C=N–C) groups is 1. The van der Waals surface area contributed by atoms with E-state index in [1.807, 2.05) is 29.7 Å².